The van der Waals surface area contributed by atoms with Crippen LogP contribution in [0.2, 0.25) is 0 Å². The summed E-state index contributed by atoms with van der Waals surface area (Å²) in [4.78, 5) is 11.4. The molecule has 66 valence electrons. The fourth-order valence-corrected chi connectivity index (χ4v) is 1.81. The van der Waals surface area contributed by atoms with Gasteiger partial charge in [-0.2, -0.15) is 0 Å². The summed E-state index contributed by atoms with van der Waals surface area (Å²) >= 11 is 0. The Morgan fingerprint density at radius 3 is 3.17 bits per heavy atom. The molecule has 4 heteroatoms. The number of nitrogens with one attached hydrogen (secondary N) is 1. The lowest BCUT2D eigenvalue weighted by atomic mass is 10.2. The van der Waals surface area contributed by atoms with Crippen molar-refractivity contribution in [1.29, 1.82) is 0 Å². The van der Waals surface area contributed by atoms with E-state index in [4.69, 9.17) is 0 Å². The van der Waals surface area contributed by atoms with E-state index in [1.807, 2.05) is 6.08 Å². The Hall–Kier alpha value is -1.03. The standard InChI is InChI=1S/C8H13N3O/c1-2-7-3-5-10-6-4-9-8(12)11(7)10/h2,7H,1,3-6H2,(H,9,12). The van der Waals surface area contributed by atoms with Crippen LogP contribution in [0.3, 0.4) is 0 Å². The quantitative estimate of drug-likeness (QED) is 0.566. The third-order valence-electron chi connectivity index (χ3n) is 2.43. The van der Waals surface area contributed by atoms with Crippen LogP contribution in [0.4, 0.5) is 4.79 Å². The molecular weight excluding hydrogens is 154 g/mol. The smallest absolute Gasteiger partial charge is 0.332 e. The highest BCUT2D eigenvalue weighted by Gasteiger charge is 2.35. The van der Waals surface area contributed by atoms with E-state index in [1.54, 1.807) is 5.01 Å². The van der Waals surface area contributed by atoms with Crippen molar-refractivity contribution in [2.45, 2.75) is 12.5 Å². The van der Waals surface area contributed by atoms with E-state index in [9.17, 15) is 4.79 Å². The number of carbonyl (C=O) groups is 1. The van der Waals surface area contributed by atoms with Gasteiger partial charge in [0.2, 0.25) is 0 Å². The van der Waals surface area contributed by atoms with Crippen molar-refractivity contribution in [2.75, 3.05) is 19.6 Å². The van der Waals surface area contributed by atoms with Gasteiger partial charge in [-0.25, -0.2) is 9.80 Å². The summed E-state index contributed by atoms with van der Waals surface area (Å²) in [7, 11) is 0. The maximum absolute atomic E-state index is 11.4. The van der Waals surface area contributed by atoms with Crippen LogP contribution in [0.15, 0.2) is 12.7 Å². The molecule has 2 amide bonds. The Morgan fingerprint density at radius 1 is 1.58 bits per heavy atom. The SMILES string of the molecule is C=CC1CCN2CCNC(=O)N12. The van der Waals surface area contributed by atoms with E-state index in [1.165, 1.54) is 0 Å². The molecule has 0 aromatic heterocycles. The van der Waals surface area contributed by atoms with Gasteiger partial charge in [-0.15, -0.1) is 6.58 Å². The highest BCUT2D eigenvalue weighted by molar-refractivity contribution is 5.75. The average Bonchev–Trinajstić information content (AvgIpc) is 2.49. The fourth-order valence-electron chi connectivity index (χ4n) is 1.81. The molecule has 4 nitrogen and oxygen atoms in total. The summed E-state index contributed by atoms with van der Waals surface area (Å²) in [6.45, 7) is 6.39. The lowest BCUT2D eigenvalue weighted by Crippen LogP contribution is -2.56. The predicted octanol–water partition coefficient (Wildman–Crippen LogP) is 0.187. The van der Waals surface area contributed by atoms with Crippen molar-refractivity contribution < 1.29 is 4.79 Å². The Morgan fingerprint density at radius 2 is 2.42 bits per heavy atom. The van der Waals surface area contributed by atoms with Crippen LogP contribution < -0.4 is 5.32 Å². The van der Waals surface area contributed by atoms with Crippen molar-refractivity contribution in [2.24, 2.45) is 0 Å². The minimum Gasteiger partial charge on any atom is -0.335 e. The van der Waals surface area contributed by atoms with Gasteiger partial charge in [0.15, 0.2) is 0 Å². The van der Waals surface area contributed by atoms with Crippen molar-refractivity contribution in [3.63, 3.8) is 0 Å². The summed E-state index contributed by atoms with van der Waals surface area (Å²) in [5, 5.41) is 6.68. The number of hydrazine groups is 1. The van der Waals surface area contributed by atoms with Crippen molar-refractivity contribution in [3.05, 3.63) is 12.7 Å². The molecule has 1 N–H and O–H groups in total. The monoisotopic (exact) mass is 167 g/mol. The zero-order valence-electron chi connectivity index (χ0n) is 6.99. The Bertz CT molecular complexity index is 216. The number of urea groups is 1. The highest BCUT2D eigenvalue weighted by atomic mass is 16.2. The molecule has 2 heterocycles. The molecule has 2 rings (SSSR count). The summed E-state index contributed by atoms with van der Waals surface area (Å²) in [5.41, 5.74) is 0. The number of rotatable bonds is 1. The molecule has 2 aliphatic rings. The third-order valence-corrected chi connectivity index (χ3v) is 2.43. The van der Waals surface area contributed by atoms with Crippen LogP contribution in [0, 0.1) is 0 Å². The first-order valence-electron chi connectivity index (χ1n) is 4.27. The molecule has 2 saturated heterocycles. The first-order chi connectivity index (χ1) is 5.83. The number of fused-ring (bicyclic) bond motifs is 1. The molecule has 0 aliphatic carbocycles. The number of hydrogen-bond donors (Lipinski definition) is 1. The summed E-state index contributed by atoms with van der Waals surface area (Å²) < 4.78 is 0. The minimum atomic E-state index is 0.0173. The second kappa shape index (κ2) is 2.79. The third kappa shape index (κ3) is 0.992. The van der Waals surface area contributed by atoms with E-state index in [-0.39, 0.29) is 12.1 Å². The van der Waals surface area contributed by atoms with E-state index in [0.29, 0.717) is 0 Å². The molecule has 2 fully saturated rings. The number of carbonyl (C=O) groups excluding carboxylic acids is 1. The maximum Gasteiger partial charge on any atom is 0.332 e. The molecule has 12 heavy (non-hydrogen) atoms. The Kier molecular flexibility index (Phi) is 1.77. The van der Waals surface area contributed by atoms with E-state index in [2.05, 4.69) is 16.9 Å². The van der Waals surface area contributed by atoms with Gasteiger partial charge < -0.3 is 5.32 Å². The fraction of sp³-hybridized carbons (Fsp3) is 0.625. The van der Waals surface area contributed by atoms with Gasteiger partial charge in [0.1, 0.15) is 0 Å². The average molecular weight is 167 g/mol. The van der Waals surface area contributed by atoms with Crippen molar-refractivity contribution in [3.8, 4) is 0 Å². The minimum absolute atomic E-state index is 0.0173. The van der Waals surface area contributed by atoms with E-state index < -0.39 is 0 Å². The summed E-state index contributed by atoms with van der Waals surface area (Å²) in [6, 6.07) is 0.217. The summed E-state index contributed by atoms with van der Waals surface area (Å²) in [6.07, 6.45) is 2.85. The second-order valence-electron chi connectivity index (χ2n) is 3.12. The lowest BCUT2D eigenvalue weighted by Gasteiger charge is -2.35. The number of nitrogens with zero attached hydrogens (tertiary/aromatic N) is 2. The highest BCUT2D eigenvalue weighted by Crippen LogP contribution is 2.20. The van der Waals surface area contributed by atoms with Crippen LogP contribution in [0.25, 0.3) is 0 Å². The maximum atomic E-state index is 11.4. The molecule has 0 aromatic carbocycles. The zero-order chi connectivity index (χ0) is 8.55. The van der Waals surface area contributed by atoms with Gasteiger partial charge in [-0.3, -0.25) is 5.01 Å². The molecule has 0 bridgehead atoms. The second-order valence-corrected chi connectivity index (χ2v) is 3.12. The van der Waals surface area contributed by atoms with E-state index in [0.717, 1.165) is 26.1 Å². The topological polar surface area (TPSA) is 35.6 Å². The molecule has 0 spiro atoms. The lowest BCUT2D eigenvalue weighted by molar-refractivity contribution is 0.0305. The summed E-state index contributed by atoms with van der Waals surface area (Å²) in [5.74, 6) is 0. The van der Waals surface area contributed by atoms with Crippen LogP contribution in [-0.4, -0.2) is 41.7 Å². The first kappa shape index (κ1) is 7.61. The van der Waals surface area contributed by atoms with Gasteiger partial charge >= 0.3 is 6.03 Å². The van der Waals surface area contributed by atoms with Crippen LogP contribution >= 0.6 is 0 Å². The van der Waals surface area contributed by atoms with Gasteiger partial charge in [0, 0.05) is 19.6 Å². The van der Waals surface area contributed by atoms with Gasteiger partial charge in [-0.05, 0) is 6.42 Å². The van der Waals surface area contributed by atoms with Gasteiger partial charge in [0.05, 0.1) is 6.04 Å². The van der Waals surface area contributed by atoms with Crippen LogP contribution in [-0.2, 0) is 0 Å². The number of amides is 2. The predicted molar refractivity (Wildman–Crippen MR) is 45.4 cm³/mol. The molecule has 1 unspecified atom stereocenters. The molecule has 0 saturated carbocycles. The Balaban J connectivity index is 2.16. The van der Waals surface area contributed by atoms with Gasteiger partial charge in [0.25, 0.3) is 0 Å². The van der Waals surface area contributed by atoms with Crippen LogP contribution in [0.1, 0.15) is 6.42 Å². The van der Waals surface area contributed by atoms with Gasteiger partial charge in [-0.1, -0.05) is 6.08 Å². The Labute approximate surface area is 71.8 Å². The molecule has 2 aliphatic heterocycles. The van der Waals surface area contributed by atoms with Crippen molar-refractivity contribution >= 4 is 6.03 Å². The molecule has 1 atom stereocenters. The largest absolute Gasteiger partial charge is 0.335 e. The molecule has 0 aromatic rings. The van der Waals surface area contributed by atoms with E-state index >= 15 is 0 Å². The van der Waals surface area contributed by atoms with Crippen LogP contribution in [0.5, 0.6) is 0 Å². The van der Waals surface area contributed by atoms with Crippen molar-refractivity contribution in [1.82, 2.24) is 15.3 Å². The first-order valence-corrected chi connectivity index (χ1v) is 4.27. The normalized spacial score (nSPS) is 29.8. The number of hydrogen-bond acceptors (Lipinski definition) is 2. The zero-order valence-corrected chi connectivity index (χ0v) is 6.99. The molecule has 0 radical (unpaired) electrons. The molecular formula is C8H13N3O.